The highest BCUT2D eigenvalue weighted by atomic mass is 35.5. The molecular formula is C12H12ClN5O. The second-order valence-corrected chi connectivity index (χ2v) is 4.81. The van der Waals surface area contributed by atoms with Gasteiger partial charge in [0.15, 0.2) is 5.82 Å². The Morgan fingerprint density at radius 1 is 1.37 bits per heavy atom. The van der Waals surface area contributed by atoms with Gasteiger partial charge < -0.3 is 15.2 Å². The molecule has 19 heavy (non-hydrogen) atoms. The van der Waals surface area contributed by atoms with Gasteiger partial charge in [0.2, 0.25) is 0 Å². The third-order valence-electron chi connectivity index (χ3n) is 3.17. The number of benzene rings is 1. The van der Waals surface area contributed by atoms with Gasteiger partial charge in [0.1, 0.15) is 6.33 Å². The van der Waals surface area contributed by atoms with Crippen molar-refractivity contribution in [1.82, 2.24) is 19.7 Å². The largest absolute Gasteiger partial charge is 0.398 e. The molecule has 0 aliphatic carbocycles. The highest BCUT2D eigenvalue weighted by Gasteiger charge is 2.23. The van der Waals surface area contributed by atoms with Gasteiger partial charge >= 0.3 is 0 Å². The summed E-state index contributed by atoms with van der Waals surface area (Å²) in [6.45, 7) is 1.80. The van der Waals surface area contributed by atoms with Gasteiger partial charge in [-0.05, 0) is 18.2 Å². The molecule has 3 rings (SSSR count). The molecule has 0 bridgehead atoms. The van der Waals surface area contributed by atoms with Gasteiger partial charge in [0.05, 0.1) is 17.3 Å². The zero-order valence-corrected chi connectivity index (χ0v) is 10.8. The fraction of sp³-hybridized carbons (Fsp3) is 0.250. The van der Waals surface area contributed by atoms with E-state index in [1.54, 1.807) is 29.4 Å². The van der Waals surface area contributed by atoms with Gasteiger partial charge in [-0.25, -0.2) is 0 Å². The number of halogens is 1. The Labute approximate surface area is 114 Å². The molecule has 1 aliphatic rings. The summed E-state index contributed by atoms with van der Waals surface area (Å²) in [5.74, 6) is 0.720. The molecular weight excluding hydrogens is 266 g/mol. The van der Waals surface area contributed by atoms with Gasteiger partial charge in [0, 0.05) is 18.7 Å². The normalized spacial score (nSPS) is 14.3. The summed E-state index contributed by atoms with van der Waals surface area (Å²) in [7, 11) is 0. The molecule has 2 aromatic rings. The second kappa shape index (κ2) is 4.55. The maximum atomic E-state index is 12.4. The van der Waals surface area contributed by atoms with E-state index in [0.717, 1.165) is 5.82 Å². The lowest BCUT2D eigenvalue weighted by Crippen LogP contribution is -2.38. The van der Waals surface area contributed by atoms with E-state index in [1.165, 1.54) is 0 Å². The molecule has 2 N–H and O–H groups in total. The molecule has 0 saturated heterocycles. The molecule has 98 valence electrons. The second-order valence-electron chi connectivity index (χ2n) is 4.40. The molecule has 6 nitrogen and oxygen atoms in total. The predicted octanol–water partition coefficient (Wildman–Crippen LogP) is 1.17. The standard InChI is InChI=1S/C12H12ClN5O/c13-9-5-8(1-2-10(9)14)12(19)17-3-4-18-7-15-16-11(18)6-17/h1-2,5,7H,3-4,6,14H2. The van der Waals surface area contributed by atoms with Crippen molar-refractivity contribution in [2.24, 2.45) is 0 Å². The number of nitrogens with two attached hydrogens (primary N) is 1. The quantitative estimate of drug-likeness (QED) is 0.794. The van der Waals surface area contributed by atoms with Gasteiger partial charge in [-0.15, -0.1) is 10.2 Å². The average Bonchev–Trinajstić information content (AvgIpc) is 2.88. The molecule has 1 aromatic heterocycles. The van der Waals surface area contributed by atoms with Crippen molar-refractivity contribution in [3.05, 3.63) is 40.9 Å². The van der Waals surface area contributed by atoms with Crippen LogP contribution >= 0.6 is 11.6 Å². The van der Waals surface area contributed by atoms with E-state index in [0.29, 0.717) is 35.9 Å². The zero-order valence-electron chi connectivity index (χ0n) is 10.1. The molecule has 1 aliphatic heterocycles. The molecule has 7 heteroatoms. The third-order valence-corrected chi connectivity index (χ3v) is 3.50. The minimum absolute atomic E-state index is 0.0730. The Bertz CT molecular complexity index is 639. The van der Waals surface area contributed by atoms with E-state index in [1.807, 2.05) is 4.57 Å². The van der Waals surface area contributed by atoms with Crippen LogP contribution in [0, 0.1) is 0 Å². The van der Waals surface area contributed by atoms with Crippen LogP contribution in [0.15, 0.2) is 24.5 Å². The van der Waals surface area contributed by atoms with Crippen LogP contribution in [0.5, 0.6) is 0 Å². The number of fused-ring (bicyclic) bond motifs is 1. The van der Waals surface area contributed by atoms with Crippen molar-refractivity contribution in [2.75, 3.05) is 12.3 Å². The van der Waals surface area contributed by atoms with E-state index in [4.69, 9.17) is 17.3 Å². The smallest absolute Gasteiger partial charge is 0.254 e. The van der Waals surface area contributed by atoms with E-state index >= 15 is 0 Å². The van der Waals surface area contributed by atoms with Crippen molar-refractivity contribution in [3.8, 4) is 0 Å². The fourth-order valence-electron chi connectivity index (χ4n) is 2.08. The first kappa shape index (κ1) is 12.0. The van der Waals surface area contributed by atoms with E-state index in [-0.39, 0.29) is 5.91 Å². The van der Waals surface area contributed by atoms with Crippen molar-refractivity contribution >= 4 is 23.2 Å². The van der Waals surface area contributed by atoms with Crippen LogP contribution in [-0.2, 0) is 13.1 Å². The molecule has 1 amide bonds. The Morgan fingerprint density at radius 3 is 3.00 bits per heavy atom. The minimum atomic E-state index is -0.0730. The van der Waals surface area contributed by atoms with Crippen molar-refractivity contribution < 1.29 is 4.79 Å². The van der Waals surface area contributed by atoms with Crippen molar-refractivity contribution in [1.29, 1.82) is 0 Å². The molecule has 0 atom stereocenters. The number of rotatable bonds is 1. The predicted molar refractivity (Wildman–Crippen MR) is 70.6 cm³/mol. The fourth-order valence-corrected chi connectivity index (χ4v) is 2.26. The number of aromatic nitrogens is 3. The summed E-state index contributed by atoms with van der Waals surface area (Å²) >= 11 is 5.94. The van der Waals surface area contributed by atoms with E-state index in [9.17, 15) is 4.79 Å². The van der Waals surface area contributed by atoms with E-state index in [2.05, 4.69) is 10.2 Å². The summed E-state index contributed by atoms with van der Waals surface area (Å²) in [6.07, 6.45) is 1.68. The lowest BCUT2D eigenvalue weighted by Gasteiger charge is -2.27. The number of hydrogen-bond donors (Lipinski definition) is 1. The summed E-state index contributed by atoms with van der Waals surface area (Å²) < 4.78 is 1.94. The van der Waals surface area contributed by atoms with E-state index < -0.39 is 0 Å². The number of carbonyl (C=O) groups is 1. The Hall–Kier alpha value is -2.08. The first-order valence-corrected chi connectivity index (χ1v) is 6.24. The Balaban J connectivity index is 1.83. The molecule has 1 aromatic carbocycles. The molecule has 0 radical (unpaired) electrons. The number of nitrogen functional groups attached to an aromatic ring is 1. The molecule has 2 heterocycles. The highest BCUT2D eigenvalue weighted by molar-refractivity contribution is 6.33. The molecule has 0 saturated carbocycles. The average molecular weight is 278 g/mol. The van der Waals surface area contributed by atoms with Crippen LogP contribution in [0.4, 0.5) is 5.69 Å². The summed E-state index contributed by atoms with van der Waals surface area (Å²) in [5.41, 5.74) is 6.64. The van der Waals surface area contributed by atoms with Crippen LogP contribution in [0.25, 0.3) is 0 Å². The molecule has 0 fully saturated rings. The lowest BCUT2D eigenvalue weighted by atomic mass is 10.1. The van der Waals surface area contributed by atoms with Gasteiger partial charge in [-0.1, -0.05) is 11.6 Å². The third kappa shape index (κ3) is 2.15. The maximum absolute atomic E-state index is 12.4. The monoisotopic (exact) mass is 277 g/mol. The zero-order chi connectivity index (χ0) is 13.4. The number of amides is 1. The first-order valence-electron chi connectivity index (χ1n) is 5.86. The van der Waals surface area contributed by atoms with Crippen molar-refractivity contribution in [2.45, 2.75) is 13.1 Å². The van der Waals surface area contributed by atoms with Crippen LogP contribution in [0.1, 0.15) is 16.2 Å². The molecule has 0 unspecified atom stereocenters. The number of nitrogens with zero attached hydrogens (tertiary/aromatic N) is 4. The van der Waals surface area contributed by atoms with Crippen LogP contribution < -0.4 is 5.73 Å². The Kier molecular flexibility index (Phi) is 2.87. The Morgan fingerprint density at radius 2 is 2.21 bits per heavy atom. The number of hydrogen-bond acceptors (Lipinski definition) is 4. The van der Waals surface area contributed by atoms with Crippen LogP contribution in [-0.4, -0.2) is 32.1 Å². The van der Waals surface area contributed by atoms with Gasteiger partial charge in [-0.2, -0.15) is 0 Å². The lowest BCUT2D eigenvalue weighted by molar-refractivity contribution is 0.0707. The topological polar surface area (TPSA) is 77.0 Å². The van der Waals surface area contributed by atoms with Crippen LogP contribution in [0.3, 0.4) is 0 Å². The molecule has 0 spiro atoms. The summed E-state index contributed by atoms with van der Waals surface area (Å²) in [4.78, 5) is 14.1. The highest BCUT2D eigenvalue weighted by Crippen LogP contribution is 2.21. The number of carbonyl (C=O) groups excluding carboxylic acids is 1. The SMILES string of the molecule is Nc1ccc(C(=O)N2CCn3cnnc3C2)cc1Cl. The number of anilines is 1. The maximum Gasteiger partial charge on any atom is 0.254 e. The summed E-state index contributed by atoms with van der Waals surface area (Å²) in [5, 5.41) is 8.22. The van der Waals surface area contributed by atoms with Crippen LogP contribution in [0.2, 0.25) is 5.02 Å². The van der Waals surface area contributed by atoms with Gasteiger partial charge in [-0.3, -0.25) is 4.79 Å². The minimum Gasteiger partial charge on any atom is -0.398 e. The summed E-state index contributed by atoms with van der Waals surface area (Å²) in [6, 6.07) is 4.92. The van der Waals surface area contributed by atoms with Gasteiger partial charge in [0.25, 0.3) is 5.91 Å². The van der Waals surface area contributed by atoms with Crippen molar-refractivity contribution in [3.63, 3.8) is 0 Å². The first-order chi connectivity index (χ1) is 9.15.